The lowest BCUT2D eigenvalue weighted by molar-refractivity contribution is -0.161. The lowest BCUT2D eigenvalue weighted by atomic mass is 9.77. The second-order valence-corrected chi connectivity index (χ2v) is 11.3. The Kier molecular flexibility index (Phi) is 15.7. The van der Waals surface area contributed by atoms with Gasteiger partial charge in [-0.25, -0.2) is 0 Å². The molecule has 1 heterocycles. The summed E-state index contributed by atoms with van der Waals surface area (Å²) in [5, 5.41) is 0. The quantitative estimate of drug-likeness (QED) is 0.0905. The predicted octanol–water partition coefficient (Wildman–Crippen LogP) is 7.64. The van der Waals surface area contributed by atoms with Crippen LogP contribution < -0.4 is 0 Å². The van der Waals surface area contributed by atoms with Crippen molar-refractivity contribution in [3.63, 3.8) is 0 Å². The van der Waals surface area contributed by atoms with Gasteiger partial charge in [0.2, 0.25) is 0 Å². The Morgan fingerprint density at radius 2 is 1.26 bits per heavy atom. The van der Waals surface area contributed by atoms with Gasteiger partial charge < -0.3 is 14.2 Å². The third-order valence-corrected chi connectivity index (χ3v) is 8.25. The fraction of sp³-hybridized carbons (Fsp3) is 0.556. The molecule has 43 heavy (non-hydrogen) atoms. The first kappa shape index (κ1) is 35.7. The Hall–Kier alpha value is -3.48. The summed E-state index contributed by atoms with van der Waals surface area (Å²) in [6, 6.07) is 19.7. The Balaban J connectivity index is 0.000000326. The minimum absolute atomic E-state index is 0.0603. The van der Waals surface area contributed by atoms with Crippen molar-refractivity contribution < 1.29 is 33.4 Å². The van der Waals surface area contributed by atoms with Crippen LogP contribution in [0.3, 0.4) is 0 Å². The average molecular weight is 595 g/mol. The predicted molar refractivity (Wildman–Crippen MR) is 167 cm³/mol. The van der Waals surface area contributed by atoms with E-state index in [-0.39, 0.29) is 41.6 Å². The lowest BCUT2D eigenvalue weighted by Crippen LogP contribution is -2.35. The first-order chi connectivity index (χ1) is 20.7. The number of esters is 4. The third kappa shape index (κ3) is 10.3. The van der Waals surface area contributed by atoms with Crippen LogP contribution in [0.5, 0.6) is 0 Å². The van der Waals surface area contributed by atoms with E-state index in [1.54, 1.807) is 13.8 Å². The molecule has 0 aliphatic carbocycles. The average Bonchev–Trinajstić information content (AvgIpc) is 3.27. The summed E-state index contributed by atoms with van der Waals surface area (Å²) < 4.78 is 15.6. The van der Waals surface area contributed by atoms with Crippen LogP contribution in [0.1, 0.15) is 103 Å². The highest BCUT2D eigenvalue weighted by Crippen LogP contribution is 2.38. The molecule has 0 bridgehead atoms. The Morgan fingerprint density at radius 3 is 1.70 bits per heavy atom. The summed E-state index contributed by atoms with van der Waals surface area (Å²) in [6.45, 7) is 12.5. The molecule has 1 aliphatic heterocycles. The van der Waals surface area contributed by atoms with Gasteiger partial charge in [0.25, 0.3) is 0 Å². The van der Waals surface area contributed by atoms with Crippen LogP contribution in [0.25, 0.3) is 0 Å². The number of benzene rings is 2. The fourth-order valence-electron chi connectivity index (χ4n) is 5.64. The minimum atomic E-state index is -0.536. The van der Waals surface area contributed by atoms with Gasteiger partial charge in [0.1, 0.15) is 0 Å². The molecule has 1 saturated heterocycles. The molecule has 1 aliphatic rings. The van der Waals surface area contributed by atoms with Gasteiger partial charge in [-0.15, -0.1) is 0 Å². The number of carbonyl (C=O) groups is 4. The van der Waals surface area contributed by atoms with Crippen LogP contribution in [0.15, 0.2) is 60.7 Å². The molecular weight excluding hydrogens is 544 g/mol. The van der Waals surface area contributed by atoms with Crippen molar-refractivity contribution in [2.45, 2.75) is 91.9 Å². The molecule has 2 aromatic carbocycles. The highest BCUT2D eigenvalue weighted by atomic mass is 16.6. The topological polar surface area (TPSA) is 96.0 Å². The largest absolute Gasteiger partial charge is 0.465 e. The number of carbonyl (C=O) groups excluding carboxylic acids is 4. The maximum Gasteiger partial charge on any atom is 0.318 e. The van der Waals surface area contributed by atoms with Gasteiger partial charge in [0, 0.05) is 0 Å². The third-order valence-electron chi connectivity index (χ3n) is 8.25. The zero-order valence-corrected chi connectivity index (χ0v) is 26.8. The normalized spacial score (nSPS) is 18.8. The molecule has 0 radical (unpaired) electrons. The van der Waals surface area contributed by atoms with Gasteiger partial charge in [0.15, 0.2) is 0 Å². The number of hydrogen-bond donors (Lipinski definition) is 0. The van der Waals surface area contributed by atoms with Crippen LogP contribution in [0, 0.1) is 23.7 Å². The van der Waals surface area contributed by atoms with Crippen molar-refractivity contribution in [3.8, 4) is 0 Å². The molecule has 0 saturated carbocycles. The van der Waals surface area contributed by atoms with Crippen LogP contribution in [-0.4, -0.2) is 37.1 Å². The summed E-state index contributed by atoms with van der Waals surface area (Å²) in [5.74, 6) is -3.14. The fourth-order valence-corrected chi connectivity index (χ4v) is 5.64. The molecule has 0 N–H and O–H groups in total. The smallest absolute Gasteiger partial charge is 0.318 e. The molecule has 6 atom stereocenters. The SMILES string of the molecule is CCC(c1ccccc1)C1C(=O)OC(=O)C1C.CCCCOC(=O)C(C)C(C(=O)OCCCC)C(CC)c1ccccc1. The van der Waals surface area contributed by atoms with Gasteiger partial charge in [0.05, 0.1) is 36.9 Å². The molecule has 2 aromatic rings. The molecule has 236 valence electrons. The number of unbranched alkanes of at least 4 members (excludes halogenated alkanes) is 2. The molecule has 6 unspecified atom stereocenters. The van der Waals surface area contributed by atoms with Crippen molar-refractivity contribution >= 4 is 23.9 Å². The Morgan fingerprint density at radius 1 is 0.744 bits per heavy atom. The Labute approximate surface area is 257 Å². The van der Waals surface area contributed by atoms with Crippen LogP contribution in [0.4, 0.5) is 0 Å². The van der Waals surface area contributed by atoms with Crippen molar-refractivity contribution in [2.75, 3.05) is 13.2 Å². The van der Waals surface area contributed by atoms with Gasteiger partial charge in [-0.05, 0) is 48.6 Å². The van der Waals surface area contributed by atoms with Crippen LogP contribution in [-0.2, 0) is 33.4 Å². The second kappa shape index (κ2) is 18.9. The second-order valence-electron chi connectivity index (χ2n) is 11.3. The van der Waals surface area contributed by atoms with Gasteiger partial charge in [-0.1, -0.05) is 115 Å². The zero-order chi connectivity index (χ0) is 31.8. The highest BCUT2D eigenvalue weighted by molar-refractivity contribution is 5.96. The van der Waals surface area contributed by atoms with Crippen molar-refractivity contribution in [3.05, 3.63) is 71.8 Å². The van der Waals surface area contributed by atoms with E-state index in [0.717, 1.165) is 49.7 Å². The van der Waals surface area contributed by atoms with E-state index in [4.69, 9.17) is 14.2 Å². The monoisotopic (exact) mass is 594 g/mol. The standard InChI is InChI=1S/C22H34O4.C14H16O3/c1-5-8-15-25-21(23)17(4)20(22(24)26-16-9-6-2)19(7-3)18-13-11-10-12-14-18;1-3-11(10-7-5-4-6-8-10)12-9(2)13(15)17-14(12)16/h10-14,17,19-20H,5-9,15-16H2,1-4H3;4-9,11-12H,3H2,1-2H3. The van der Waals surface area contributed by atoms with Gasteiger partial charge in [-0.3, -0.25) is 19.2 Å². The van der Waals surface area contributed by atoms with E-state index in [1.165, 1.54) is 0 Å². The summed E-state index contributed by atoms with van der Waals surface area (Å²) in [6.07, 6.45) is 5.16. The summed E-state index contributed by atoms with van der Waals surface area (Å²) in [5.41, 5.74) is 2.15. The number of hydrogen-bond acceptors (Lipinski definition) is 7. The highest BCUT2D eigenvalue weighted by Gasteiger charge is 2.45. The van der Waals surface area contributed by atoms with Crippen molar-refractivity contribution in [1.82, 2.24) is 0 Å². The number of rotatable bonds is 15. The van der Waals surface area contributed by atoms with Gasteiger partial charge >= 0.3 is 23.9 Å². The molecular formula is C36H50O7. The minimum Gasteiger partial charge on any atom is -0.465 e. The van der Waals surface area contributed by atoms with Crippen molar-refractivity contribution in [2.24, 2.45) is 23.7 Å². The zero-order valence-electron chi connectivity index (χ0n) is 26.8. The number of ether oxygens (including phenoxy) is 3. The van der Waals surface area contributed by atoms with E-state index >= 15 is 0 Å². The van der Waals surface area contributed by atoms with Crippen LogP contribution in [0.2, 0.25) is 0 Å². The maximum atomic E-state index is 12.8. The molecule has 0 amide bonds. The first-order valence-electron chi connectivity index (χ1n) is 15.9. The van der Waals surface area contributed by atoms with E-state index in [0.29, 0.717) is 13.2 Å². The molecule has 0 spiro atoms. The maximum absolute atomic E-state index is 12.8. The first-order valence-corrected chi connectivity index (χ1v) is 15.9. The van der Waals surface area contributed by atoms with Gasteiger partial charge in [-0.2, -0.15) is 0 Å². The summed E-state index contributed by atoms with van der Waals surface area (Å²) >= 11 is 0. The van der Waals surface area contributed by atoms with E-state index in [9.17, 15) is 19.2 Å². The van der Waals surface area contributed by atoms with E-state index in [2.05, 4.69) is 6.92 Å². The van der Waals surface area contributed by atoms with E-state index in [1.807, 2.05) is 81.4 Å². The summed E-state index contributed by atoms with van der Waals surface area (Å²) in [7, 11) is 0. The molecule has 3 rings (SSSR count). The molecule has 0 aromatic heterocycles. The lowest BCUT2D eigenvalue weighted by Gasteiger charge is -2.29. The van der Waals surface area contributed by atoms with Crippen molar-refractivity contribution in [1.29, 1.82) is 0 Å². The van der Waals surface area contributed by atoms with E-state index < -0.39 is 17.8 Å². The molecule has 7 heteroatoms. The summed E-state index contributed by atoms with van der Waals surface area (Å²) in [4.78, 5) is 48.5. The molecule has 7 nitrogen and oxygen atoms in total. The van der Waals surface area contributed by atoms with Crippen LogP contribution >= 0.6 is 0 Å². The molecule has 1 fully saturated rings. The Bertz CT molecular complexity index is 1130. The number of cyclic esters (lactones) is 2.